The van der Waals surface area contributed by atoms with Gasteiger partial charge in [-0.15, -0.1) is 6.58 Å². The van der Waals surface area contributed by atoms with E-state index in [1.165, 1.54) is 5.92 Å². The highest BCUT2D eigenvalue weighted by Gasteiger charge is 2.41. The van der Waals surface area contributed by atoms with Gasteiger partial charge in [-0.2, -0.15) is 0 Å². The minimum absolute atomic E-state index is 0.228. The van der Waals surface area contributed by atoms with Crippen LogP contribution in [0.3, 0.4) is 0 Å². The summed E-state index contributed by atoms with van der Waals surface area (Å²) in [5.74, 6) is 1.47. The van der Waals surface area contributed by atoms with Gasteiger partial charge in [0.15, 0.2) is 0 Å². The molecule has 1 aliphatic heterocycles. The lowest BCUT2D eigenvalue weighted by Gasteiger charge is -2.43. The number of rotatable bonds is 3. The molecule has 2 fully saturated rings. The first-order valence-corrected chi connectivity index (χ1v) is 4.45. The molecule has 0 aromatic heterocycles. The molecule has 67 valence electrons. The zero-order valence-corrected chi connectivity index (χ0v) is 7.44. The number of β-lactam (4-membered cyclic amide) rings is 1. The van der Waals surface area contributed by atoms with Crippen molar-refractivity contribution in [3.05, 3.63) is 44.3 Å². The Kier molecular flexibility index (Phi) is 2.38. The van der Waals surface area contributed by atoms with Crippen LogP contribution in [-0.2, 0) is 4.79 Å². The monoisotopic (exact) mass is 174 g/mol. The minimum atomic E-state index is 0.228. The lowest BCUT2D eigenvalue weighted by molar-refractivity contribution is -0.143. The summed E-state index contributed by atoms with van der Waals surface area (Å²) >= 11 is 0. The molecule has 5 radical (unpaired) electrons. The first-order valence-electron chi connectivity index (χ1n) is 4.45. The highest BCUT2D eigenvalue weighted by Crippen LogP contribution is 2.36. The number of amides is 1. The standard InChI is InChI=1S/C11H12NO/c1-2-7-12-10(8-11(12)13)9-5-3-4-6-9/h2-6,10H,1,7-8H2. The van der Waals surface area contributed by atoms with Crippen LogP contribution in [0, 0.1) is 31.6 Å². The topological polar surface area (TPSA) is 20.3 Å². The van der Waals surface area contributed by atoms with Gasteiger partial charge >= 0.3 is 0 Å². The van der Waals surface area contributed by atoms with Gasteiger partial charge in [-0.05, 0) is 25.7 Å². The quantitative estimate of drug-likeness (QED) is 0.464. The van der Waals surface area contributed by atoms with Crippen LogP contribution in [0.4, 0.5) is 0 Å². The number of carbonyl (C=O) groups is 1. The number of hydrogen-bond acceptors (Lipinski definition) is 1. The Bertz CT molecular complexity index is 218. The zero-order chi connectivity index (χ0) is 9.26. The van der Waals surface area contributed by atoms with Crippen molar-refractivity contribution in [3.63, 3.8) is 0 Å². The van der Waals surface area contributed by atoms with E-state index in [9.17, 15) is 4.79 Å². The molecule has 0 bridgehead atoms. The summed E-state index contributed by atoms with van der Waals surface area (Å²) in [6.45, 7) is 4.30. The summed E-state index contributed by atoms with van der Waals surface area (Å²) in [7, 11) is 0. The second-order valence-corrected chi connectivity index (χ2v) is 3.27. The fourth-order valence-electron chi connectivity index (χ4n) is 1.73. The van der Waals surface area contributed by atoms with Gasteiger partial charge in [-0.1, -0.05) is 6.08 Å². The predicted octanol–water partition coefficient (Wildman–Crippen LogP) is 1.18. The average Bonchev–Trinajstić information content (AvgIpc) is 2.62. The fourth-order valence-corrected chi connectivity index (χ4v) is 1.73. The number of hydrogen-bond donors (Lipinski definition) is 0. The van der Waals surface area contributed by atoms with Crippen LogP contribution in [0.25, 0.3) is 0 Å². The molecular weight excluding hydrogens is 162 g/mol. The van der Waals surface area contributed by atoms with Gasteiger partial charge < -0.3 is 4.90 Å². The first kappa shape index (κ1) is 8.79. The van der Waals surface area contributed by atoms with Crippen molar-refractivity contribution in [1.82, 2.24) is 4.90 Å². The van der Waals surface area contributed by atoms with Gasteiger partial charge in [0.1, 0.15) is 0 Å². The number of likely N-dealkylation sites (tertiary alicyclic amines) is 1. The summed E-state index contributed by atoms with van der Waals surface area (Å²) in [5.41, 5.74) is 0. The Hall–Kier alpha value is -0.790. The maximum absolute atomic E-state index is 11.2. The molecule has 0 N–H and O–H groups in total. The molecule has 2 heteroatoms. The van der Waals surface area contributed by atoms with E-state index in [1.807, 2.05) is 17.7 Å². The lowest BCUT2D eigenvalue weighted by Crippen LogP contribution is -2.55. The number of carbonyl (C=O) groups excluding carboxylic acids is 1. The van der Waals surface area contributed by atoms with Crippen molar-refractivity contribution in [1.29, 1.82) is 0 Å². The molecule has 1 amide bonds. The van der Waals surface area contributed by atoms with Gasteiger partial charge in [0.2, 0.25) is 5.91 Å². The second-order valence-electron chi connectivity index (χ2n) is 3.27. The second kappa shape index (κ2) is 3.52. The van der Waals surface area contributed by atoms with Crippen molar-refractivity contribution >= 4 is 5.91 Å². The smallest absolute Gasteiger partial charge is 0.225 e. The first-order chi connectivity index (χ1) is 6.33. The summed E-state index contributed by atoms with van der Waals surface area (Å²) in [6, 6.07) is 0.292. The van der Waals surface area contributed by atoms with E-state index in [4.69, 9.17) is 0 Å². The van der Waals surface area contributed by atoms with Crippen LogP contribution in [0.1, 0.15) is 6.42 Å². The Labute approximate surface area is 79.6 Å². The predicted molar refractivity (Wildman–Crippen MR) is 50.8 cm³/mol. The summed E-state index contributed by atoms with van der Waals surface area (Å²) in [5, 5.41) is 0. The van der Waals surface area contributed by atoms with Crippen LogP contribution < -0.4 is 0 Å². The van der Waals surface area contributed by atoms with Crippen molar-refractivity contribution in [2.24, 2.45) is 0 Å². The molecular formula is C11H12NO. The molecule has 1 heterocycles. The zero-order valence-electron chi connectivity index (χ0n) is 7.44. The molecule has 0 aromatic rings. The third-order valence-electron chi connectivity index (χ3n) is 2.46. The highest BCUT2D eigenvalue weighted by molar-refractivity contribution is 5.85. The van der Waals surface area contributed by atoms with Crippen LogP contribution in [0.2, 0.25) is 0 Å². The maximum atomic E-state index is 11.2. The molecule has 1 saturated carbocycles. The van der Waals surface area contributed by atoms with Gasteiger partial charge in [0.05, 0.1) is 0 Å². The molecule has 0 spiro atoms. The van der Waals surface area contributed by atoms with Gasteiger partial charge in [-0.25, -0.2) is 0 Å². The molecule has 2 rings (SSSR count). The molecule has 1 atom stereocenters. The van der Waals surface area contributed by atoms with Crippen molar-refractivity contribution in [2.75, 3.05) is 6.54 Å². The van der Waals surface area contributed by atoms with E-state index in [1.54, 1.807) is 6.08 Å². The largest absolute Gasteiger partial charge is 0.335 e. The van der Waals surface area contributed by atoms with Crippen LogP contribution in [0.5, 0.6) is 0 Å². The third kappa shape index (κ3) is 1.50. The Morgan fingerprint density at radius 2 is 2.23 bits per heavy atom. The van der Waals surface area contributed by atoms with Crippen molar-refractivity contribution < 1.29 is 4.79 Å². The van der Waals surface area contributed by atoms with Crippen molar-refractivity contribution in [2.45, 2.75) is 12.5 Å². The van der Waals surface area contributed by atoms with E-state index in [0.29, 0.717) is 19.0 Å². The Balaban J connectivity index is 1.92. The molecule has 2 nitrogen and oxygen atoms in total. The summed E-state index contributed by atoms with van der Waals surface area (Å²) in [4.78, 5) is 13.1. The maximum Gasteiger partial charge on any atom is 0.225 e. The van der Waals surface area contributed by atoms with E-state index in [2.05, 4.69) is 19.4 Å². The normalized spacial score (nSPS) is 29.1. The van der Waals surface area contributed by atoms with Crippen molar-refractivity contribution in [3.8, 4) is 0 Å². The van der Waals surface area contributed by atoms with E-state index in [0.717, 1.165) is 0 Å². The SMILES string of the molecule is C=CCN1C(=O)CC1[C]1[CH][CH][CH][CH]1. The lowest BCUT2D eigenvalue weighted by atomic mass is 9.87. The summed E-state index contributed by atoms with van der Waals surface area (Å²) in [6.07, 6.45) is 10.6. The summed E-state index contributed by atoms with van der Waals surface area (Å²) < 4.78 is 0. The molecule has 1 saturated heterocycles. The highest BCUT2D eigenvalue weighted by atomic mass is 16.2. The fraction of sp³-hybridized carbons (Fsp3) is 0.273. The molecule has 1 aliphatic carbocycles. The molecule has 13 heavy (non-hydrogen) atoms. The van der Waals surface area contributed by atoms with E-state index < -0.39 is 0 Å². The van der Waals surface area contributed by atoms with Crippen LogP contribution in [-0.4, -0.2) is 23.4 Å². The Morgan fingerprint density at radius 1 is 1.54 bits per heavy atom. The molecule has 2 aliphatic rings. The Morgan fingerprint density at radius 3 is 2.77 bits per heavy atom. The van der Waals surface area contributed by atoms with Crippen LogP contribution in [0.15, 0.2) is 12.7 Å². The average molecular weight is 174 g/mol. The molecule has 1 unspecified atom stereocenters. The van der Waals surface area contributed by atoms with Gasteiger partial charge in [-0.3, -0.25) is 4.79 Å². The van der Waals surface area contributed by atoms with E-state index >= 15 is 0 Å². The van der Waals surface area contributed by atoms with Crippen LogP contribution >= 0.6 is 0 Å². The minimum Gasteiger partial charge on any atom is -0.335 e. The van der Waals surface area contributed by atoms with E-state index in [-0.39, 0.29) is 5.91 Å². The molecule has 0 aromatic carbocycles. The number of nitrogens with zero attached hydrogens (tertiary/aromatic N) is 1. The van der Waals surface area contributed by atoms with Gasteiger partial charge in [0.25, 0.3) is 0 Å². The third-order valence-corrected chi connectivity index (χ3v) is 2.46. The van der Waals surface area contributed by atoms with Gasteiger partial charge in [0, 0.05) is 24.9 Å².